The van der Waals surface area contributed by atoms with Crippen LogP contribution in [0.2, 0.25) is 0 Å². The van der Waals surface area contributed by atoms with Crippen molar-refractivity contribution in [2.45, 2.75) is 26.1 Å². The maximum Gasteiger partial charge on any atom is 0.417 e. The Labute approximate surface area is 156 Å². The molecule has 0 saturated heterocycles. The second kappa shape index (κ2) is 9.04. The molecule has 2 rings (SSSR count). The van der Waals surface area contributed by atoms with Gasteiger partial charge in [-0.2, -0.15) is 18.4 Å². The van der Waals surface area contributed by atoms with E-state index in [1.165, 1.54) is 29.2 Å². The van der Waals surface area contributed by atoms with Crippen molar-refractivity contribution in [3.8, 4) is 6.07 Å². The van der Waals surface area contributed by atoms with Crippen LogP contribution in [0, 0.1) is 11.3 Å². The summed E-state index contributed by atoms with van der Waals surface area (Å²) in [5.74, 6) is -0.697. The number of carbonyl (C=O) groups excluding carboxylic acids is 1. The number of rotatable bonds is 6. The molecule has 2 aromatic rings. The Bertz CT molecular complexity index is 834. The summed E-state index contributed by atoms with van der Waals surface area (Å²) in [4.78, 5) is 14.0. The zero-order valence-electron chi connectivity index (χ0n) is 14.8. The Morgan fingerprint density at radius 2 is 1.74 bits per heavy atom. The van der Waals surface area contributed by atoms with Gasteiger partial charge in [0.05, 0.1) is 17.2 Å². The van der Waals surface area contributed by atoms with E-state index in [-0.39, 0.29) is 12.1 Å². The molecule has 0 N–H and O–H groups in total. The Morgan fingerprint density at radius 3 is 2.26 bits per heavy atom. The smallest absolute Gasteiger partial charge is 0.335 e. The minimum absolute atomic E-state index is 0.0480. The van der Waals surface area contributed by atoms with Gasteiger partial charge in [-0.25, -0.2) is 0 Å². The van der Waals surface area contributed by atoms with E-state index in [9.17, 15) is 18.0 Å². The van der Waals surface area contributed by atoms with Gasteiger partial charge >= 0.3 is 6.18 Å². The van der Waals surface area contributed by atoms with Crippen LogP contribution >= 0.6 is 0 Å². The third kappa shape index (κ3) is 5.71. The quantitative estimate of drug-likeness (QED) is 0.674. The fraction of sp³-hybridized carbons (Fsp3) is 0.238. The van der Waals surface area contributed by atoms with Crippen LogP contribution in [0.25, 0.3) is 5.57 Å². The molecule has 0 fully saturated rings. The first-order valence-electron chi connectivity index (χ1n) is 8.47. The van der Waals surface area contributed by atoms with Crippen LogP contribution < -0.4 is 0 Å². The van der Waals surface area contributed by atoms with Crippen LogP contribution in [0.1, 0.15) is 30.0 Å². The number of alkyl halides is 3. The normalized spacial score (nSPS) is 11.7. The van der Waals surface area contributed by atoms with Crippen LogP contribution in [0.15, 0.2) is 60.7 Å². The van der Waals surface area contributed by atoms with Crippen molar-refractivity contribution in [1.82, 2.24) is 4.90 Å². The van der Waals surface area contributed by atoms with Crippen molar-refractivity contribution < 1.29 is 18.0 Å². The number of nitriles is 1. The second-order valence-corrected chi connectivity index (χ2v) is 5.99. The highest BCUT2D eigenvalue weighted by molar-refractivity contribution is 5.96. The lowest BCUT2D eigenvalue weighted by Gasteiger charge is -2.22. The van der Waals surface area contributed by atoms with Gasteiger partial charge in [-0.3, -0.25) is 4.79 Å². The number of allylic oxidation sites excluding steroid dienone is 1. The van der Waals surface area contributed by atoms with Crippen molar-refractivity contribution in [3.63, 3.8) is 0 Å². The van der Waals surface area contributed by atoms with Gasteiger partial charge in [0.1, 0.15) is 0 Å². The third-order valence-electron chi connectivity index (χ3n) is 3.92. The molecule has 0 atom stereocenters. The third-order valence-corrected chi connectivity index (χ3v) is 3.92. The highest BCUT2D eigenvalue weighted by Crippen LogP contribution is 2.33. The first-order chi connectivity index (χ1) is 12.8. The molecule has 2 aromatic carbocycles. The largest absolute Gasteiger partial charge is 0.417 e. The summed E-state index contributed by atoms with van der Waals surface area (Å²) in [5.41, 5.74) is 0.218. The predicted molar refractivity (Wildman–Crippen MR) is 97.3 cm³/mol. The first kappa shape index (κ1) is 20.2. The summed E-state index contributed by atoms with van der Waals surface area (Å²) in [7, 11) is 0. The molecule has 27 heavy (non-hydrogen) atoms. The van der Waals surface area contributed by atoms with E-state index in [4.69, 9.17) is 5.26 Å². The Morgan fingerprint density at radius 1 is 1.11 bits per heavy atom. The van der Waals surface area contributed by atoms with E-state index in [1.54, 1.807) is 30.3 Å². The highest BCUT2D eigenvalue weighted by atomic mass is 19.4. The summed E-state index contributed by atoms with van der Waals surface area (Å²) in [6.07, 6.45) is -3.36. The molecule has 0 spiro atoms. The molecular formula is C21H19F3N2O. The first-order valence-corrected chi connectivity index (χ1v) is 8.47. The lowest BCUT2D eigenvalue weighted by Crippen LogP contribution is -2.30. The summed E-state index contributed by atoms with van der Waals surface area (Å²) < 4.78 is 40.4. The lowest BCUT2D eigenvalue weighted by atomic mass is 10.0. The van der Waals surface area contributed by atoms with E-state index in [0.29, 0.717) is 24.6 Å². The predicted octanol–water partition coefficient (Wildman–Crippen LogP) is 4.94. The van der Waals surface area contributed by atoms with Crippen molar-refractivity contribution in [2.24, 2.45) is 0 Å². The van der Waals surface area contributed by atoms with Gasteiger partial charge in [-0.05, 0) is 29.7 Å². The molecule has 0 aliphatic heterocycles. The van der Waals surface area contributed by atoms with Crippen LogP contribution in [0.5, 0.6) is 0 Å². The average molecular weight is 372 g/mol. The maximum atomic E-state index is 13.5. The van der Waals surface area contributed by atoms with Gasteiger partial charge in [0, 0.05) is 19.2 Å². The standard InChI is InChI=1S/C21H19F3N2O/c1-2-12-26(15-17-10-8-16(14-25)9-11-17)20(27)13-19(21(22,23)24)18-6-4-3-5-7-18/h3-11,13H,2,12,15H2,1H3/b19-13-. The zero-order valence-corrected chi connectivity index (χ0v) is 14.8. The SMILES string of the molecule is CCCN(Cc1ccc(C#N)cc1)C(=O)/C=C(/c1ccccc1)C(F)(F)F. The number of halogens is 3. The number of benzene rings is 2. The van der Waals surface area contributed by atoms with Gasteiger partial charge < -0.3 is 4.90 Å². The molecule has 0 aromatic heterocycles. The lowest BCUT2D eigenvalue weighted by molar-refractivity contribution is -0.127. The van der Waals surface area contributed by atoms with Crippen LogP contribution in [0.3, 0.4) is 0 Å². The molecule has 0 heterocycles. The summed E-state index contributed by atoms with van der Waals surface area (Å²) in [6.45, 7) is 2.36. The molecule has 0 aliphatic carbocycles. The minimum Gasteiger partial charge on any atom is -0.335 e. The molecular weight excluding hydrogens is 353 g/mol. The number of amides is 1. The molecule has 6 heteroatoms. The summed E-state index contributed by atoms with van der Waals surface area (Å²) in [6, 6.07) is 15.9. The van der Waals surface area contributed by atoms with E-state index >= 15 is 0 Å². The van der Waals surface area contributed by atoms with Crippen LogP contribution in [0.4, 0.5) is 13.2 Å². The molecule has 0 bridgehead atoms. The minimum atomic E-state index is -4.64. The Hall–Kier alpha value is -3.07. The van der Waals surface area contributed by atoms with Crippen molar-refractivity contribution in [2.75, 3.05) is 6.54 Å². The van der Waals surface area contributed by atoms with Crippen molar-refractivity contribution in [1.29, 1.82) is 5.26 Å². The van der Waals surface area contributed by atoms with Crippen molar-refractivity contribution >= 4 is 11.5 Å². The van der Waals surface area contributed by atoms with Gasteiger partial charge in [-0.1, -0.05) is 49.4 Å². The average Bonchev–Trinajstić information content (AvgIpc) is 2.66. The summed E-state index contributed by atoms with van der Waals surface area (Å²) in [5, 5.41) is 8.84. The fourth-order valence-electron chi connectivity index (χ4n) is 2.60. The number of hydrogen-bond acceptors (Lipinski definition) is 2. The molecule has 3 nitrogen and oxygen atoms in total. The van der Waals surface area contributed by atoms with Gasteiger partial charge in [0.2, 0.25) is 5.91 Å². The molecule has 0 aliphatic rings. The number of carbonyl (C=O) groups is 1. The van der Waals surface area contributed by atoms with Crippen LogP contribution in [-0.4, -0.2) is 23.5 Å². The molecule has 140 valence electrons. The van der Waals surface area contributed by atoms with E-state index in [2.05, 4.69) is 0 Å². The molecule has 0 unspecified atom stereocenters. The topological polar surface area (TPSA) is 44.1 Å². The molecule has 0 radical (unpaired) electrons. The van der Waals surface area contributed by atoms with Gasteiger partial charge in [0.15, 0.2) is 0 Å². The van der Waals surface area contributed by atoms with Crippen molar-refractivity contribution in [3.05, 3.63) is 77.4 Å². The highest BCUT2D eigenvalue weighted by Gasteiger charge is 2.35. The number of nitrogens with zero attached hydrogens (tertiary/aromatic N) is 2. The van der Waals surface area contributed by atoms with Crippen LogP contribution in [-0.2, 0) is 11.3 Å². The Kier molecular flexibility index (Phi) is 6.78. The molecule has 1 amide bonds. The van der Waals surface area contributed by atoms with E-state index < -0.39 is 17.7 Å². The van der Waals surface area contributed by atoms with E-state index in [1.807, 2.05) is 13.0 Å². The maximum absolute atomic E-state index is 13.5. The van der Waals surface area contributed by atoms with Gasteiger partial charge in [-0.15, -0.1) is 0 Å². The van der Waals surface area contributed by atoms with Gasteiger partial charge in [0.25, 0.3) is 0 Å². The summed E-state index contributed by atoms with van der Waals surface area (Å²) >= 11 is 0. The second-order valence-electron chi connectivity index (χ2n) is 5.99. The molecule has 0 saturated carbocycles. The Balaban J connectivity index is 2.30. The van der Waals surface area contributed by atoms with E-state index in [0.717, 1.165) is 5.56 Å². The monoisotopic (exact) mass is 372 g/mol. The fourth-order valence-corrected chi connectivity index (χ4v) is 2.60. The number of hydrogen-bond donors (Lipinski definition) is 0. The zero-order chi connectivity index (χ0) is 19.9.